The first-order chi connectivity index (χ1) is 11.2. The third kappa shape index (κ3) is 4.00. The Labute approximate surface area is 131 Å². The molecule has 3 rings (SSSR count). The number of halogens is 2. The minimum absolute atomic E-state index is 0.112. The van der Waals surface area contributed by atoms with Crippen molar-refractivity contribution < 1.29 is 18.0 Å². The molecule has 1 aromatic heterocycles. The summed E-state index contributed by atoms with van der Waals surface area (Å²) in [7, 11) is 0. The van der Waals surface area contributed by atoms with E-state index in [0.717, 1.165) is 11.1 Å². The molecule has 0 saturated carbocycles. The largest absolute Gasteiger partial charge is 0.435 e. The van der Waals surface area contributed by atoms with Gasteiger partial charge in [0.25, 0.3) is 5.89 Å². The number of rotatable bonds is 5. The molecule has 1 heterocycles. The molecular formula is C17H12F2N2O2. The van der Waals surface area contributed by atoms with Crippen molar-refractivity contribution in [3.05, 3.63) is 66.1 Å². The SMILES string of the molecule is FC(F)Oc1ccc(/C=C\c2nc(-c3ccccc3)no2)cc1. The van der Waals surface area contributed by atoms with Crippen molar-refractivity contribution in [2.45, 2.75) is 6.61 Å². The van der Waals surface area contributed by atoms with E-state index in [1.807, 2.05) is 30.3 Å². The molecule has 0 spiro atoms. The van der Waals surface area contributed by atoms with Crippen LogP contribution >= 0.6 is 0 Å². The summed E-state index contributed by atoms with van der Waals surface area (Å²) in [6, 6.07) is 15.7. The molecule has 0 aliphatic heterocycles. The quantitative estimate of drug-likeness (QED) is 0.695. The molecule has 0 atom stereocenters. The summed E-state index contributed by atoms with van der Waals surface area (Å²) in [6.07, 6.45) is 3.40. The van der Waals surface area contributed by atoms with Gasteiger partial charge in [0.15, 0.2) is 0 Å². The van der Waals surface area contributed by atoms with Crippen LogP contribution < -0.4 is 4.74 Å². The van der Waals surface area contributed by atoms with Crippen LogP contribution in [-0.2, 0) is 0 Å². The zero-order valence-corrected chi connectivity index (χ0v) is 11.9. The van der Waals surface area contributed by atoms with Crippen molar-refractivity contribution in [1.29, 1.82) is 0 Å². The first-order valence-corrected chi connectivity index (χ1v) is 6.83. The Morgan fingerprint density at radius 2 is 1.70 bits per heavy atom. The fraction of sp³-hybridized carbons (Fsp3) is 0.0588. The first-order valence-electron chi connectivity index (χ1n) is 6.83. The second-order valence-corrected chi connectivity index (χ2v) is 4.60. The molecule has 4 nitrogen and oxygen atoms in total. The van der Waals surface area contributed by atoms with Gasteiger partial charge < -0.3 is 9.26 Å². The van der Waals surface area contributed by atoms with E-state index >= 15 is 0 Å². The molecule has 6 heteroatoms. The highest BCUT2D eigenvalue weighted by molar-refractivity contribution is 5.67. The van der Waals surface area contributed by atoms with Crippen LogP contribution in [0.5, 0.6) is 5.75 Å². The average molecular weight is 314 g/mol. The van der Waals surface area contributed by atoms with Crippen LogP contribution in [0.4, 0.5) is 8.78 Å². The van der Waals surface area contributed by atoms with Crippen LogP contribution in [-0.4, -0.2) is 16.8 Å². The normalized spacial score (nSPS) is 11.3. The second-order valence-electron chi connectivity index (χ2n) is 4.60. The summed E-state index contributed by atoms with van der Waals surface area (Å²) >= 11 is 0. The van der Waals surface area contributed by atoms with Gasteiger partial charge in [-0.25, -0.2) is 0 Å². The Balaban J connectivity index is 1.70. The zero-order valence-electron chi connectivity index (χ0n) is 11.9. The van der Waals surface area contributed by atoms with Crippen LogP contribution in [0.1, 0.15) is 11.5 Å². The molecule has 0 amide bonds. The number of hydrogen-bond donors (Lipinski definition) is 0. The fourth-order valence-corrected chi connectivity index (χ4v) is 1.94. The monoisotopic (exact) mass is 314 g/mol. The highest BCUT2D eigenvalue weighted by Gasteiger charge is 2.06. The third-order valence-corrected chi connectivity index (χ3v) is 3.00. The molecule has 3 aromatic rings. The average Bonchev–Trinajstić information content (AvgIpc) is 3.04. The summed E-state index contributed by atoms with van der Waals surface area (Å²) in [5.41, 5.74) is 1.66. The van der Waals surface area contributed by atoms with Gasteiger partial charge in [-0.3, -0.25) is 0 Å². The lowest BCUT2D eigenvalue weighted by molar-refractivity contribution is -0.0498. The van der Waals surface area contributed by atoms with Gasteiger partial charge in [-0.15, -0.1) is 0 Å². The summed E-state index contributed by atoms with van der Waals surface area (Å²) in [6.45, 7) is -2.83. The highest BCUT2D eigenvalue weighted by atomic mass is 19.3. The minimum atomic E-state index is -2.83. The molecule has 0 unspecified atom stereocenters. The molecule has 0 saturated heterocycles. The minimum Gasteiger partial charge on any atom is -0.435 e. The predicted molar refractivity (Wildman–Crippen MR) is 81.7 cm³/mol. The van der Waals surface area contributed by atoms with Crippen LogP contribution in [0.15, 0.2) is 59.1 Å². The number of ether oxygens (including phenoxy) is 1. The van der Waals surface area contributed by atoms with E-state index in [1.165, 1.54) is 12.1 Å². The van der Waals surface area contributed by atoms with Crippen molar-refractivity contribution in [1.82, 2.24) is 10.1 Å². The van der Waals surface area contributed by atoms with E-state index < -0.39 is 6.61 Å². The summed E-state index contributed by atoms with van der Waals surface area (Å²) in [5.74, 6) is 0.976. The zero-order chi connectivity index (χ0) is 16.1. The van der Waals surface area contributed by atoms with E-state index in [9.17, 15) is 8.78 Å². The standard InChI is InChI=1S/C17H12F2N2O2/c18-17(19)22-14-9-6-12(7-10-14)8-11-15-20-16(21-23-15)13-4-2-1-3-5-13/h1-11,17H/b11-8-. The number of benzene rings is 2. The van der Waals surface area contributed by atoms with Crippen LogP contribution in [0.2, 0.25) is 0 Å². The molecule has 0 bridgehead atoms. The van der Waals surface area contributed by atoms with Gasteiger partial charge in [0, 0.05) is 11.6 Å². The maximum atomic E-state index is 12.1. The lowest BCUT2D eigenvalue weighted by atomic mass is 10.2. The van der Waals surface area contributed by atoms with Gasteiger partial charge in [-0.05, 0) is 23.8 Å². The van der Waals surface area contributed by atoms with Gasteiger partial charge in [-0.1, -0.05) is 47.6 Å². The second kappa shape index (κ2) is 6.83. The van der Waals surface area contributed by atoms with Gasteiger partial charge in [0.1, 0.15) is 5.75 Å². The molecule has 116 valence electrons. The van der Waals surface area contributed by atoms with Crippen molar-refractivity contribution in [3.8, 4) is 17.1 Å². The maximum absolute atomic E-state index is 12.1. The Kier molecular flexibility index (Phi) is 4.42. The molecular weight excluding hydrogens is 302 g/mol. The molecule has 0 aliphatic rings. The van der Waals surface area contributed by atoms with E-state index in [4.69, 9.17) is 4.52 Å². The first kappa shape index (κ1) is 14.9. The molecule has 2 aromatic carbocycles. The van der Waals surface area contributed by atoms with E-state index in [1.54, 1.807) is 24.3 Å². The molecule has 23 heavy (non-hydrogen) atoms. The smallest absolute Gasteiger partial charge is 0.387 e. The summed E-state index contributed by atoms with van der Waals surface area (Å²) in [4.78, 5) is 4.26. The van der Waals surface area contributed by atoms with Crippen LogP contribution in [0, 0.1) is 0 Å². The van der Waals surface area contributed by atoms with E-state index in [2.05, 4.69) is 14.9 Å². The highest BCUT2D eigenvalue weighted by Crippen LogP contribution is 2.18. The lowest BCUT2D eigenvalue weighted by Crippen LogP contribution is -2.01. The summed E-state index contributed by atoms with van der Waals surface area (Å²) < 4.78 is 33.6. The molecule has 0 fully saturated rings. The molecule has 0 N–H and O–H groups in total. The number of nitrogens with zero attached hydrogens (tertiary/aromatic N) is 2. The van der Waals surface area contributed by atoms with Gasteiger partial charge in [0.05, 0.1) is 0 Å². The number of aromatic nitrogens is 2. The van der Waals surface area contributed by atoms with Gasteiger partial charge in [0.2, 0.25) is 5.82 Å². The fourth-order valence-electron chi connectivity index (χ4n) is 1.94. The van der Waals surface area contributed by atoms with Crippen molar-refractivity contribution >= 4 is 12.2 Å². The Hall–Kier alpha value is -3.02. The maximum Gasteiger partial charge on any atom is 0.387 e. The van der Waals surface area contributed by atoms with E-state index in [0.29, 0.717) is 11.7 Å². The van der Waals surface area contributed by atoms with Crippen LogP contribution in [0.3, 0.4) is 0 Å². The van der Waals surface area contributed by atoms with Crippen LogP contribution in [0.25, 0.3) is 23.5 Å². The Morgan fingerprint density at radius 3 is 2.39 bits per heavy atom. The topological polar surface area (TPSA) is 48.2 Å². The summed E-state index contributed by atoms with van der Waals surface area (Å²) in [5, 5.41) is 3.90. The molecule has 0 aliphatic carbocycles. The van der Waals surface area contributed by atoms with Crippen molar-refractivity contribution in [2.24, 2.45) is 0 Å². The molecule has 0 radical (unpaired) electrons. The third-order valence-electron chi connectivity index (χ3n) is 3.00. The van der Waals surface area contributed by atoms with E-state index in [-0.39, 0.29) is 5.75 Å². The Bertz CT molecular complexity index is 784. The number of hydrogen-bond acceptors (Lipinski definition) is 4. The van der Waals surface area contributed by atoms with Gasteiger partial charge in [-0.2, -0.15) is 13.8 Å². The lowest BCUT2D eigenvalue weighted by Gasteiger charge is -2.03. The Morgan fingerprint density at radius 1 is 0.957 bits per heavy atom. The van der Waals surface area contributed by atoms with Gasteiger partial charge >= 0.3 is 6.61 Å². The number of alkyl halides is 2. The van der Waals surface area contributed by atoms with Crippen molar-refractivity contribution in [3.63, 3.8) is 0 Å². The van der Waals surface area contributed by atoms with Crippen molar-refractivity contribution in [2.75, 3.05) is 0 Å². The predicted octanol–water partition coefficient (Wildman–Crippen LogP) is 4.51.